The summed E-state index contributed by atoms with van der Waals surface area (Å²) in [4.78, 5) is 66.0. The number of nitrogens with one attached hydrogen (secondary N) is 3. The van der Waals surface area contributed by atoms with Crippen LogP contribution in [0.4, 0.5) is 22.0 Å². The zero-order valence-electron chi connectivity index (χ0n) is 28.2. The number of ether oxygens (including phenoxy) is 1. The first-order valence-corrected chi connectivity index (χ1v) is 16.6. The second kappa shape index (κ2) is 18.3. The van der Waals surface area contributed by atoms with Crippen molar-refractivity contribution >= 4 is 52.5 Å². The number of methoxy groups -OCH3 is 1. The average molecular weight is 773 g/mol. The highest BCUT2D eigenvalue weighted by Gasteiger charge is 2.52. The van der Waals surface area contributed by atoms with Gasteiger partial charge in [0.2, 0.25) is 17.6 Å². The zero-order valence-corrected chi connectivity index (χ0v) is 29.7. The Hall–Kier alpha value is -4.56. The van der Waals surface area contributed by atoms with Crippen LogP contribution in [-0.4, -0.2) is 61.1 Å². The maximum absolute atomic E-state index is 14.9. The summed E-state index contributed by atoms with van der Waals surface area (Å²) in [5, 5.41) is 6.96. The molecule has 280 valence electrons. The smallest absolute Gasteiger partial charge is 0.405 e. The van der Waals surface area contributed by atoms with Crippen LogP contribution >= 0.6 is 23.2 Å². The largest absolute Gasteiger partial charge is 0.497 e. The molecule has 0 aliphatic rings. The molecular formula is C36H36Cl2F5N3O6. The maximum atomic E-state index is 14.9. The fraction of sp³-hybridized carbons (Fsp3) is 0.361. The molecule has 52 heavy (non-hydrogen) atoms. The Morgan fingerprint density at radius 3 is 1.92 bits per heavy atom. The first kappa shape index (κ1) is 41.9. The predicted octanol–water partition coefficient (Wildman–Crippen LogP) is 6.24. The Balaban J connectivity index is 1.94. The van der Waals surface area contributed by atoms with E-state index in [2.05, 4.69) is 10.6 Å². The summed E-state index contributed by atoms with van der Waals surface area (Å²) in [5.41, 5.74) is 1.24. The Labute approximate surface area is 306 Å². The molecule has 0 aromatic heterocycles. The highest BCUT2D eigenvalue weighted by molar-refractivity contribution is 6.31. The molecule has 3 aromatic carbocycles. The van der Waals surface area contributed by atoms with Gasteiger partial charge in [-0.25, -0.2) is 0 Å². The van der Waals surface area contributed by atoms with Crippen molar-refractivity contribution in [1.82, 2.24) is 16.0 Å². The Morgan fingerprint density at radius 1 is 0.808 bits per heavy atom. The third kappa shape index (κ3) is 12.3. The van der Waals surface area contributed by atoms with E-state index in [4.69, 9.17) is 27.9 Å². The zero-order chi connectivity index (χ0) is 38.8. The van der Waals surface area contributed by atoms with Crippen LogP contribution in [0.3, 0.4) is 0 Å². The van der Waals surface area contributed by atoms with E-state index < -0.39 is 78.3 Å². The summed E-state index contributed by atoms with van der Waals surface area (Å²) in [5.74, 6) is -14.3. The summed E-state index contributed by atoms with van der Waals surface area (Å²) in [6.45, 7) is 0.533. The van der Waals surface area contributed by atoms with E-state index in [0.717, 1.165) is 5.32 Å². The summed E-state index contributed by atoms with van der Waals surface area (Å²) in [6.07, 6.45) is -6.21. The van der Waals surface area contributed by atoms with Gasteiger partial charge in [0.05, 0.1) is 13.5 Å². The molecule has 3 amide bonds. The second-order valence-corrected chi connectivity index (χ2v) is 13.1. The van der Waals surface area contributed by atoms with Gasteiger partial charge in [0.15, 0.2) is 5.78 Å². The number of ketones is 2. The van der Waals surface area contributed by atoms with E-state index in [0.29, 0.717) is 26.9 Å². The van der Waals surface area contributed by atoms with Gasteiger partial charge in [-0.2, -0.15) is 22.0 Å². The van der Waals surface area contributed by atoms with Gasteiger partial charge in [-0.05, 0) is 59.0 Å². The lowest BCUT2D eigenvalue weighted by molar-refractivity contribution is -0.167. The highest BCUT2D eigenvalue weighted by atomic mass is 35.5. The Bertz CT molecular complexity index is 1750. The minimum Gasteiger partial charge on any atom is -0.497 e. The number of halogens is 7. The number of amides is 3. The number of hydrogen-bond acceptors (Lipinski definition) is 6. The van der Waals surface area contributed by atoms with Crippen molar-refractivity contribution in [1.29, 1.82) is 0 Å². The third-order valence-electron chi connectivity index (χ3n) is 7.90. The van der Waals surface area contributed by atoms with Crippen molar-refractivity contribution in [2.45, 2.75) is 57.3 Å². The number of Topliss-reactive ketones (excluding diaryl/α,β-unsaturated/α-hetero) is 2. The van der Waals surface area contributed by atoms with Crippen LogP contribution in [0.25, 0.3) is 0 Å². The molecule has 3 aromatic rings. The number of alkyl halides is 5. The van der Waals surface area contributed by atoms with Crippen LogP contribution in [0.5, 0.6) is 5.75 Å². The number of hydrogen-bond donors (Lipinski definition) is 3. The number of carbonyl (C=O) groups is 5. The van der Waals surface area contributed by atoms with E-state index in [9.17, 15) is 45.9 Å². The first-order valence-electron chi connectivity index (χ1n) is 15.8. The van der Waals surface area contributed by atoms with E-state index in [1.807, 2.05) is 0 Å². The average Bonchev–Trinajstić information content (AvgIpc) is 3.07. The van der Waals surface area contributed by atoms with Crippen LogP contribution in [-0.2, 0) is 36.8 Å². The van der Waals surface area contributed by atoms with Gasteiger partial charge in [0.25, 0.3) is 5.91 Å². The maximum Gasteiger partial charge on any atom is 0.405 e. The quantitative estimate of drug-likeness (QED) is 0.110. The first-order chi connectivity index (χ1) is 24.3. The topological polar surface area (TPSA) is 131 Å². The molecule has 0 fully saturated rings. The lowest BCUT2D eigenvalue weighted by Gasteiger charge is -2.27. The fourth-order valence-corrected chi connectivity index (χ4v) is 5.60. The molecular weight excluding hydrogens is 736 g/mol. The molecule has 3 atom stereocenters. The molecule has 16 heteroatoms. The van der Waals surface area contributed by atoms with Gasteiger partial charge in [0, 0.05) is 28.8 Å². The normalized spacial score (nSPS) is 13.4. The van der Waals surface area contributed by atoms with Crippen molar-refractivity contribution in [3.63, 3.8) is 0 Å². The van der Waals surface area contributed by atoms with Gasteiger partial charge in [0.1, 0.15) is 24.4 Å². The molecule has 9 nitrogen and oxygen atoms in total. The van der Waals surface area contributed by atoms with Crippen LogP contribution in [0, 0.1) is 11.8 Å². The molecule has 0 bridgehead atoms. The molecule has 0 aliphatic carbocycles. The third-order valence-corrected chi connectivity index (χ3v) is 8.37. The fourth-order valence-electron chi connectivity index (χ4n) is 5.18. The molecule has 0 spiro atoms. The molecule has 0 unspecified atom stereocenters. The molecule has 0 saturated heterocycles. The van der Waals surface area contributed by atoms with Crippen molar-refractivity contribution in [2.75, 3.05) is 13.7 Å². The second-order valence-electron chi connectivity index (χ2n) is 12.2. The standard InChI is InChI=1S/C36H36Cl2F5N3O6/c1-20(2)27(32(49)36(42,43)34(51)44-19-35(39,40)41)18-29(47)31(23-10-12-26(52-3)13-11-23)46-33(50)28(16-21-6-4-8-24(37)14-21)45-30(48)17-22-7-5-9-25(38)15-22/h4-15,20,27-28,31H,16-19H2,1-3H3,(H,44,51)(H,45,48)(H,46,50)/t27-,28-,31-/m0/s1. The van der Waals surface area contributed by atoms with Crippen molar-refractivity contribution in [3.05, 3.63) is 99.5 Å². The molecule has 0 aliphatic heterocycles. The van der Waals surface area contributed by atoms with Gasteiger partial charge < -0.3 is 20.7 Å². The van der Waals surface area contributed by atoms with Crippen LogP contribution in [0.1, 0.15) is 43.0 Å². The van der Waals surface area contributed by atoms with Crippen molar-refractivity contribution in [2.24, 2.45) is 11.8 Å². The van der Waals surface area contributed by atoms with Gasteiger partial charge >= 0.3 is 12.1 Å². The van der Waals surface area contributed by atoms with Crippen molar-refractivity contribution < 1.29 is 50.7 Å². The lowest BCUT2D eigenvalue weighted by Crippen LogP contribution is -2.52. The highest BCUT2D eigenvalue weighted by Crippen LogP contribution is 2.30. The number of carbonyl (C=O) groups excluding carboxylic acids is 5. The summed E-state index contributed by atoms with van der Waals surface area (Å²) < 4.78 is 72.7. The van der Waals surface area contributed by atoms with Gasteiger partial charge in [-0.3, -0.25) is 24.0 Å². The lowest BCUT2D eigenvalue weighted by atomic mass is 9.82. The van der Waals surface area contributed by atoms with E-state index >= 15 is 0 Å². The molecule has 0 radical (unpaired) electrons. The number of rotatable bonds is 17. The number of benzene rings is 3. The summed E-state index contributed by atoms with van der Waals surface area (Å²) in [6, 6.07) is 15.8. The Morgan fingerprint density at radius 2 is 1.38 bits per heavy atom. The summed E-state index contributed by atoms with van der Waals surface area (Å²) in [7, 11) is 1.38. The molecule has 0 heterocycles. The van der Waals surface area contributed by atoms with Gasteiger partial charge in [-0.1, -0.05) is 73.4 Å². The minimum atomic E-state index is -5.02. The molecule has 3 rings (SSSR count). The van der Waals surface area contributed by atoms with E-state index in [1.54, 1.807) is 48.5 Å². The Kier molecular flexibility index (Phi) is 14.7. The SMILES string of the molecule is COc1ccc([C@H](NC(=O)[C@H](Cc2cccc(Cl)c2)NC(=O)Cc2cccc(Cl)c2)C(=O)C[C@H](C(=O)C(F)(F)C(=O)NCC(F)(F)F)C(C)C)cc1. The van der Waals surface area contributed by atoms with Crippen molar-refractivity contribution in [3.8, 4) is 5.75 Å². The molecule has 0 saturated carbocycles. The van der Waals surface area contributed by atoms with Crippen LogP contribution < -0.4 is 20.7 Å². The van der Waals surface area contributed by atoms with E-state index in [1.165, 1.54) is 45.2 Å². The predicted molar refractivity (Wildman–Crippen MR) is 183 cm³/mol. The van der Waals surface area contributed by atoms with Crippen LogP contribution in [0.15, 0.2) is 72.8 Å². The summed E-state index contributed by atoms with van der Waals surface area (Å²) >= 11 is 12.2. The van der Waals surface area contributed by atoms with E-state index in [-0.39, 0.29) is 18.4 Å². The molecule has 3 N–H and O–H groups in total. The minimum absolute atomic E-state index is 0.0937. The van der Waals surface area contributed by atoms with Gasteiger partial charge in [-0.15, -0.1) is 0 Å². The monoisotopic (exact) mass is 771 g/mol. The van der Waals surface area contributed by atoms with Crippen LogP contribution in [0.2, 0.25) is 10.0 Å².